The van der Waals surface area contributed by atoms with Crippen molar-refractivity contribution in [2.24, 2.45) is 0 Å². The molecule has 0 aromatic heterocycles. The third-order valence-corrected chi connectivity index (χ3v) is 4.04. The van der Waals surface area contributed by atoms with E-state index in [-0.39, 0.29) is 0 Å². The molecule has 2 heteroatoms. The van der Waals surface area contributed by atoms with Crippen molar-refractivity contribution in [2.45, 2.75) is 58.4 Å². The lowest BCUT2D eigenvalue weighted by molar-refractivity contribution is 0.221. The third kappa shape index (κ3) is 5.54. The van der Waals surface area contributed by atoms with Crippen LogP contribution in [0.5, 0.6) is 5.75 Å². The zero-order chi connectivity index (χ0) is 14.0. The van der Waals surface area contributed by atoms with Crippen LogP contribution in [0, 0.1) is 0 Å². The minimum Gasteiger partial charge on any atom is -0.494 e. The van der Waals surface area contributed by atoms with Crippen LogP contribution in [-0.4, -0.2) is 24.6 Å². The van der Waals surface area contributed by atoms with E-state index in [9.17, 15) is 0 Å². The molecule has 1 aliphatic heterocycles. The van der Waals surface area contributed by atoms with Gasteiger partial charge in [0.05, 0.1) is 6.61 Å². The van der Waals surface area contributed by atoms with Gasteiger partial charge in [0, 0.05) is 6.54 Å². The Kier molecular flexibility index (Phi) is 6.93. The molecule has 0 spiro atoms. The number of nitrogens with zero attached hydrogens (tertiary/aromatic N) is 1. The SMILES string of the molecule is CCCCCCOc1ccc(CN2CCCCC2)cc1. The molecule has 0 bridgehead atoms. The Labute approximate surface area is 124 Å². The van der Waals surface area contributed by atoms with Gasteiger partial charge in [-0.2, -0.15) is 0 Å². The van der Waals surface area contributed by atoms with Crippen molar-refractivity contribution in [1.82, 2.24) is 4.90 Å². The Balaban J connectivity index is 1.69. The van der Waals surface area contributed by atoms with Gasteiger partial charge in [-0.05, 0) is 50.0 Å². The summed E-state index contributed by atoms with van der Waals surface area (Å²) in [6, 6.07) is 8.68. The summed E-state index contributed by atoms with van der Waals surface area (Å²) < 4.78 is 5.78. The molecular formula is C18H29NO. The summed E-state index contributed by atoms with van der Waals surface area (Å²) in [5.41, 5.74) is 1.41. The summed E-state index contributed by atoms with van der Waals surface area (Å²) >= 11 is 0. The van der Waals surface area contributed by atoms with Gasteiger partial charge in [0.2, 0.25) is 0 Å². The summed E-state index contributed by atoms with van der Waals surface area (Å²) in [7, 11) is 0. The van der Waals surface area contributed by atoms with E-state index in [0.29, 0.717) is 0 Å². The topological polar surface area (TPSA) is 12.5 Å². The summed E-state index contributed by atoms with van der Waals surface area (Å²) in [5, 5.41) is 0. The Morgan fingerprint density at radius 3 is 2.40 bits per heavy atom. The molecule has 1 heterocycles. The van der Waals surface area contributed by atoms with Crippen molar-refractivity contribution in [3.8, 4) is 5.75 Å². The maximum atomic E-state index is 5.78. The van der Waals surface area contributed by atoms with Crippen LogP contribution in [0.25, 0.3) is 0 Å². The molecule has 0 unspecified atom stereocenters. The number of hydrogen-bond acceptors (Lipinski definition) is 2. The average Bonchev–Trinajstić information content (AvgIpc) is 2.50. The molecule has 0 amide bonds. The molecule has 112 valence electrons. The van der Waals surface area contributed by atoms with E-state index in [4.69, 9.17) is 4.74 Å². The van der Waals surface area contributed by atoms with Crippen LogP contribution in [0.4, 0.5) is 0 Å². The maximum absolute atomic E-state index is 5.78. The van der Waals surface area contributed by atoms with Gasteiger partial charge in [0.25, 0.3) is 0 Å². The lowest BCUT2D eigenvalue weighted by Gasteiger charge is -2.26. The minimum absolute atomic E-state index is 0.853. The summed E-state index contributed by atoms with van der Waals surface area (Å²) in [6.45, 7) is 6.70. The van der Waals surface area contributed by atoms with E-state index >= 15 is 0 Å². The number of likely N-dealkylation sites (tertiary alicyclic amines) is 1. The highest BCUT2D eigenvalue weighted by atomic mass is 16.5. The number of unbranched alkanes of at least 4 members (excludes halogenated alkanes) is 3. The first-order valence-electron chi connectivity index (χ1n) is 8.32. The molecule has 2 rings (SSSR count). The molecule has 0 saturated carbocycles. The second-order valence-corrected chi connectivity index (χ2v) is 5.89. The first kappa shape index (κ1) is 15.4. The number of benzene rings is 1. The third-order valence-electron chi connectivity index (χ3n) is 4.04. The lowest BCUT2D eigenvalue weighted by atomic mass is 10.1. The van der Waals surface area contributed by atoms with Crippen LogP contribution in [0.1, 0.15) is 57.4 Å². The molecule has 1 aromatic carbocycles. The van der Waals surface area contributed by atoms with Crippen molar-refractivity contribution < 1.29 is 4.74 Å². The van der Waals surface area contributed by atoms with Gasteiger partial charge in [0.15, 0.2) is 0 Å². The minimum atomic E-state index is 0.853. The van der Waals surface area contributed by atoms with Gasteiger partial charge in [0.1, 0.15) is 5.75 Å². The molecule has 0 aliphatic carbocycles. The van der Waals surface area contributed by atoms with E-state index < -0.39 is 0 Å². The molecule has 2 nitrogen and oxygen atoms in total. The summed E-state index contributed by atoms with van der Waals surface area (Å²) in [5.74, 6) is 1.02. The fourth-order valence-corrected chi connectivity index (χ4v) is 2.79. The highest BCUT2D eigenvalue weighted by molar-refractivity contribution is 5.27. The molecule has 1 saturated heterocycles. The Morgan fingerprint density at radius 2 is 1.70 bits per heavy atom. The van der Waals surface area contributed by atoms with Crippen LogP contribution >= 0.6 is 0 Å². The zero-order valence-corrected chi connectivity index (χ0v) is 12.9. The van der Waals surface area contributed by atoms with Crippen LogP contribution in [-0.2, 0) is 6.54 Å². The normalized spacial score (nSPS) is 16.2. The number of rotatable bonds is 8. The quantitative estimate of drug-likeness (QED) is 0.641. The Hall–Kier alpha value is -1.02. The van der Waals surface area contributed by atoms with Crippen LogP contribution in [0.3, 0.4) is 0 Å². The fourth-order valence-electron chi connectivity index (χ4n) is 2.79. The number of piperidine rings is 1. The molecule has 20 heavy (non-hydrogen) atoms. The Bertz CT molecular complexity index is 354. The molecule has 1 aliphatic rings. The highest BCUT2D eigenvalue weighted by Gasteiger charge is 2.10. The highest BCUT2D eigenvalue weighted by Crippen LogP contribution is 2.16. The van der Waals surface area contributed by atoms with Crippen molar-refractivity contribution in [1.29, 1.82) is 0 Å². The standard InChI is InChI=1S/C18H29NO/c1-2-3-4-8-15-20-18-11-9-17(10-12-18)16-19-13-6-5-7-14-19/h9-12H,2-8,13-16H2,1H3. The van der Waals surface area contributed by atoms with E-state index in [1.54, 1.807) is 0 Å². The van der Waals surface area contributed by atoms with E-state index in [1.807, 2.05) is 0 Å². The summed E-state index contributed by atoms with van der Waals surface area (Å²) in [4.78, 5) is 2.56. The predicted molar refractivity (Wildman–Crippen MR) is 85.2 cm³/mol. The molecule has 0 N–H and O–H groups in total. The lowest BCUT2D eigenvalue weighted by Crippen LogP contribution is -2.28. The van der Waals surface area contributed by atoms with Gasteiger partial charge in [-0.15, -0.1) is 0 Å². The largest absolute Gasteiger partial charge is 0.494 e. The summed E-state index contributed by atoms with van der Waals surface area (Å²) in [6.07, 6.45) is 9.18. The van der Waals surface area contributed by atoms with Gasteiger partial charge in [-0.3, -0.25) is 4.90 Å². The van der Waals surface area contributed by atoms with Crippen LogP contribution < -0.4 is 4.74 Å². The van der Waals surface area contributed by atoms with E-state index in [2.05, 4.69) is 36.1 Å². The monoisotopic (exact) mass is 275 g/mol. The first-order valence-corrected chi connectivity index (χ1v) is 8.32. The van der Waals surface area contributed by atoms with Crippen molar-refractivity contribution in [3.63, 3.8) is 0 Å². The van der Waals surface area contributed by atoms with Gasteiger partial charge >= 0.3 is 0 Å². The molecule has 1 aromatic rings. The molecule has 0 radical (unpaired) electrons. The van der Waals surface area contributed by atoms with Gasteiger partial charge in [-0.1, -0.05) is 44.7 Å². The maximum Gasteiger partial charge on any atom is 0.119 e. The van der Waals surface area contributed by atoms with Crippen LogP contribution in [0.15, 0.2) is 24.3 Å². The average molecular weight is 275 g/mol. The predicted octanol–water partition coefficient (Wildman–Crippen LogP) is 4.63. The van der Waals surface area contributed by atoms with Crippen molar-refractivity contribution >= 4 is 0 Å². The van der Waals surface area contributed by atoms with Gasteiger partial charge < -0.3 is 4.74 Å². The first-order chi connectivity index (χ1) is 9.88. The molecular weight excluding hydrogens is 246 g/mol. The van der Waals surface area contributed by atoms with Crippen molar-refractivity contribution in [2.75, 3.05) is 19.7 Å². The molecule has 1 fully saturated rings. The smallest absolute Gasteiger partial charge is 0.119 e. The zero-order valence-electron chi connectivity index (χ0n) is 12.9. The van der Waals surface area contributed by atoms with E-state index in [1.165, 1.54) is 63.6 Å². The Morgan fingerprint density at radius 1 is 0.950 bits per heavy atom. The number of hydrogen-bond donors (Lipinski definition) is 0. The van der Waals surface area contributed by atoms with Crippen molar-refractivity contribution in [3.05, 3.63) is 29.8 Å². The molecule has 0 atom stereocenters. The second-order valence-electron chi connectivity index (χ2n) is 5.89. The van der Waals surface area contributed by atoms with E-state index in [0.717, 1.165) is 18.9 Å². The van der Waals surface area contributed by atoms with Gasteiger partial charge in [-0.25, -0.2) is 0 Å². The van der Waals surface area contributed by atoms with Crippen LogP contribution in [0.2, 0.25) is 0 Å². The fraction of sp³-hybridized carbons (Fsp3) is 0.667. The second kappa shape index (κ2) is 9.02. The number of ether oxygens (including phenoxy) is 1.